The molecule has 1 fully saturated rings. The van der Waals surface area contributed by atoms with Crippen molar-refractivity contribution in [1.82, 2.24) is 20.9 Å². The molecule has 0 atom stereocenters. The normalized spacial score (nSPS) is 20.2. The highest BCUT2D eigenvalue weighted by Crippen LogP contribution is 2.14. The molecule has 0 aromatic carbocycles. The van der Waals surface area contributed by atoms with Crippen molar-refractivity contribution < 1.29 is 14.3 Å². The summed E-state index contributed by atoms with van der Waals surface area (Å²) in [7, 11) is 2.03. The van der Waals surface area contributed by atoms with E-state index in [2.05, 4.69) is 20.9 Å². The number of urea groups is 1. The van der Waals surface area contributed by atoms with Gasteiger partial charge in [-0.25, -0.2) is 9.59 Å². The molecule has 0 aliphatic carbocycles. The minimum atomic E-state index is -0.362. The quantitative estimate of drug-likeness (QED) is 0.612. The number of hydrogen-bond donors (Lipinski definition) is 3. The molecule has 7 heteroatoms. The topological polar surface area (TPSA) is 82.7 Å². The lowest BCUT2D eigenvalue weighted by molar-refractivity contribution is -0.138. The zero-order chi connectivity index (χ0) is 15.2. The highest BCUT2D eigenvalue weighted by molar-refractivity contribution is 5.93. The molecule has 0 aromatic heterocycles. The highest BCUT2D eigenvalue weighted by atomic mass is 16.5. The van der Waals surface area contributed by atoms with Gasteiger partial charge in [0.2, 0.25) is 0 Å². The third-order valence-corrected chi connectivity index (χ3v) is 3.92. The second-order valence-corrected chi connectivity index (χ2v) is 5.38. The minimum Gasteiger partial charge on any atom is -0.463 e. The van der Waals surface area contributed by atoms with Crippen LogP contribution in [0.5, 0.6) is 0 Å². The molecule has 0 spiro atoms. The third kappa shape index (κ3) is 4.18. The zero-order valence-electron chi connectivity index (χ0n) is 12.7. The van der Waals surface area contributed by atoms with Gasteiger partial charge in [0, 0.05) is 18.3 Å². The van der Waals surface area contributed by atoms with Crippen LogP contribution in [0.25, 0.3) is 0 Å². The van der Waals surface area contributed by atoms with Crippen LogP contribution < -0.4 is 16.0 Å². The summed E-state index contributed by atoms with van der Waals surface area (Å²) in [4.78, 5) is 25.7. The van der Waals surface area contributed by atoms with E-state index in [9.17, 15) is 9.59 Å². The van der Waals surface area contributed by atoms with E-state index in [1.54, 1.807) is 6.92 Å². The molecular formula is C14H24N4O3. The minimum absolute atomic E-state index is 0.222. The number of esters is 1. The predicted octanol–water partition coefficient (Wildman–Crippen LogP) is -0.200. The zero-order valence-corrected chi connectivity index (χ0v) is 12.7. The lowest BCUT2D eigenvalue weighted by Crippen LogP contribution is -2.48. The van der Waals surface area contributed by atoms with Crippen LogP contribution in [0.2, 0.25) is 0 Å². The first-order valence-corrected chi connectivity index (χ1v) is 7.46. The molecule has 0 bridgehead atoms. The molecule has 0 aromatic rings. The van der Waals surface area contributed by atoms with Crippen molar-refractivity contribution in [1.29, 1.82) is 0 Å². The molecule has 2 rings (SSSR count). The van der Waals surface area contributed by atoms with E-state index < -0.39 is 0 Å². The Labute approximate surface area is 125 Å². The first-order chi connectivity index (χ1) is 10.1. The number of piperidine rings is 1. The molecule has 0 radical (unpaired) electrons. The Morgan fingerprint density at radius 3 is 2.76 bits per heavy atom. The molecule has 2 aliphatic rings. The van der Waals surface area contributed by atoms with Crippen LogP contribution in [0, 0.1) is 0 Å². The predicted molar refractivity (Wildman–Crippen MR) is 78.7 cm³/mol. The van der Waals surface area contributed by atoms with Gasteiger partial charge in [-0.1, -0.05) is 0 Å². The van der Waals surface area contributed by atoms with E-state index in [4.69, 9.17) is 4.74 Å². The van der Waals surface area contributed by atoms with Gasteiger partial charge >= 0.3 is 12.0 Å². The van der Waals surface area contributed by atoms with E-state index in [1.165, 1.54) is 0 Å². The second-order valence-electron chi connectivity index (χ2n) is 5.38. The van der Waals surface area contributed by atoms with E-state index in [-0.39, 0.29) is 18.5 Å². The fourth-order valence-corrected chi connectivity index (χ4v) is 2.71. The van der Waals surface area contributed by atoms with Gasteiger partial charge in [-0.3, -0.25) is 4.90 Å². The summed E-state index contributed by atoms with van der Waals surface area (Å²) >= 11 is 0. The number of rotatable bonds is 5. The van der Waals surface area contributed by atoms with Gasteiger partial charge in [-0.2, -0.15) is 0 Å². The van der Waals surface area contributed by atoms with Gasteiger partial charge in [0.1, 0.15) is 0 Å². The maximum atomic E-state index is 12.0. The number of hydrogen-bond acceptors (Lipinski definition) is 5. The van der Waals surface area contributed by atoms with Crippen molar-refractivity contribution in [3.05, 3.63) is 11.3 Å². The number of carbonyl (C=O) groups is 2. The number of nitrogens with zero attached hydrogens (tertiary/aromatic N) is 1. The summed E-state index contributed by atoms with van der Waals surface area (Å²) in [5, 5.41) is 8.70. The largest absolute Gasteiger partial charge is 0.463 e. The van der Waals surface area contributed by atoms with E-state index in [0.29, 0.717) is 30.5 Å². The highest BCUT2D eigenvalue weighted by Gasteiger charge is 2.26. The smallest absolute Gasteiger partial charge is 0.337 e. The van der Waals surface area contributed by atoms with Crippen LogP contribution in [0.4, 0.5) is 4.79 Å². The van der Waals surface area contributed by atoms with E-state index in [0.717, 1.165) is 25.9 Å². The van der Waals surface area contributed by atoms with Gasteiger partial charge in [-0.05, 0) is 39.9 Å². The summed E-state index contributed by atoms with van der Waals surface area (Å²) in [6.45, 7) is 4.88. The standard InChI is InChI=1S/C14H24N4O3/c1-3-21-13(19)11-8-16-14(20)17-12(11)9-18(2)10-4-6-15-7-5-10/h10,15H,3-9H2,1-2H3,(H2,16,17,20). The van der Waals surface area contributed by atoms with E-state index >= 15 is 0 Å². The number of ether oxygens (including phenoxy) is 1. The molecular weight excluding hydrogens is 272 g/mol. The fraction of sp³-hybridized carbons (Fsp3) is 0.714. The van der Waals surface area contributed by atoms with Gasteiger partial charge < -0.3 is 20.7 Å². The summed E-state index contributed by atoms with van der Waals surface area (Å²) in [6.07, 6.45) is 2.15. The third-order valence-electron chi connectivity index (χ3n) is 3.92. The fourth-order valence-electron chi connectivity index (χ4n) is 2.71. The second kappa shape index (κ2) is 7.42. The van der Waals surface area contributed by atoms with Crippen molar-refractivity contribution >= 4 is 12.0 Å². The van der Waals surface area contributed by atoms with Gasteiger partial charge in [0.05, 0.1) is 18.7 Å². The maximum Gasteiger partial charge on any atom is 0.337 e. The SMILES string of the molecule is CCOC(=O)C1=C(CN(C)C2CCNCC2)NC(=O)NC1. The van der Waals surface area contributed by atoms with Crippen LogP contribution in [0.15, 0.2) is 11.3 Å². The molecule has 0 unspecified atom stereocenters. The Hall–Kier alpha value is -1.60. The van der Waals surface area contributed by atoms with Crippen LogP contribution >= 0.6 is 0 Å². The van der Waals surface area contributed by atoms with Crippen LogP contribution in [-0.2, 0) is 9.53 Å². The summed E-state index contributed by atoms with van der Waals surface area (Å²) in [5.41, 5.74) is 1.16. The average molecular weight is 296 g/mol. The summed E-state index contributed by atoms with van der Waals surface area (Å²) in [6, 6.07) is 0.200. The molecule has 0 saturated carbocycles. The number of carbonyl (C=O) groups excluding carboxylic acids is 2. The van der Waals surface area contributed by atoms with Crippen molar-refractivity contribution in [3.63, 3.8) is 0 Å². The first kappa shape index (κ1) is 15.8. The Morgan fingerprint density at radius 1 is 1.38 bits per heavy atom. The lowest BCUT2D eigenvalue weighted by Gasteiger charge is -2.33. The van der Waals surface area contributed by atoms with Gasteiger partial charge in [-0.15, -0.1) is 0 Å². The Balaban J connectivity index is 2.07. The monoisotopic (exact) mass is 296 g/mol. The summed E-state index contributed by atoms with van der Waals surface area (Å²) < 4.78 is 5.06. The molecule has 118 valence electrons. The van der Waals surface area contributed by atoms with Gasteiger partial charge in [0.15, 0.2) is 0 Å². The van der Waals surface area contributed by atoms with Crippen LogP contribution in [0.3, 0.4) is 0 Å². The van der Waals surface area contributed by atoms with Crippen LogP contribution in [0.1, 0.15) is 19.8 Å². The molecule has 2 amide bonds. The average Bonchev–Trinajstić information content (AvgIpc) is 2.48. The van der Waals surface area contributed by atoms with Crippen molar-refractivity contribution in [2.24, 2.45) is 0 Å². The van der Waals surface area contributed by atoms with Crippen molar-refractivity contribution in [2.75, 3.05) is 39.8 Å². The number of nitrogens with one attached hydrogen (secondary N) is 3. The van der Waals surface area contributed by atoms with Crippen LogP contribution in [-0.4, -0.2) is 62.8 Å². The molecule has 3 N–H and O–H groups in total. The van der Waals surface area contributed by atoms with Crippen molar-refractivity contribution in [2.45, 2.75) is 25.8 Å². The number of amides is 2. The Bertz CT molecular complexity index is 430. The Morgan fingerprint density at radius 2 is 2.10 bits per heavy atom. The van der Waals surface area contributed by atoms with E-state index in [1.807, 2.05) is 7.05 Å². The molecule has 7 nitrogen and oxygen atoms in total. The summed E-state index contributed by atoms with van der Waals surface area (Å²) in [5.74, 6) is -0.362. The maximum absolute atomic E-state index is 12.0. The van der Waals surface area contributed by atoms with Crippen molar-refractivity contribution in [3.8, 4) is 0 Å². The molecule has 21 heavy (non-hydrogen) atoms. The molecule has 2 aliphatic heterocycles. The molecule has 2 heterocycles. The van der Waals surface area contributed by atoms with Gasteiger partial charge in [0.25, 0.3) is 0 Å². The molecule has 1 saturated heterocycles. The Kier molecular flexibility index (Phi) is 5.58. The lowest BCUT2D eigenvalue weighted by atomic mass is 10.0. The number of likely N-dealkylation sites (N-methyl/N-ethyl adjacent to an activating group) is 1. The first-order valence-electron chi connectivity index (χ1n) is 7.46.